The van der Waals surface area contributed by atoms with E-state index in [1.54, 1.807) is 18.2 Å². The SMILES string of the molecule is Cl.Cl.NC1CC2CCCC(C1)C2NC(=O)C(c1ccccc1F)N1CCOCC1. The van der Waals surface area contributed by atoms with Crippen molar-refractivity contribution in [2.45, 2.75) is 50.2 Å². The Morgan fingerprint density at radius 3 is 2.38 bits per heavy atom. The number of nitrogens with zero attached hydrogens (tertiary/aromatic N) is 1. The fraction of sp³-hybridized carbons (Fsp3) is 0.667. The summed E-state index contributed by atoms with van der Waals surface area (Å²) in [4.78, 5) is 15.4. The van der Waals surface area contributed by atoms with Crippen LogP contribution in [0.4, 0.5) is 4.39 Å². The summed E-state index contributed by atoms with van der Waals surface area (Å²) in [6.45, 7) is 2.41. The molecule has 1 heterocycles. The molecule has 5 nitrogen and oxygen atoms in total. The van der Waals surface area contributed by atoms with E-state index in [-0.39, 0.29) is 48.6 Å². The van der Waals surface area contributed by atoms with Crippen LogP contribution in [0.25, 0.3) is 0 Å². The smallest absolute Gasteiger partial charge is 0.242 e. The molecule has 3 unspecified atom stereocenters. The van der Waals surface area contributed by atoms with Crippen molar-refractivity contribution in [1.82, 2.24) is 10.2 Å². The first-order valence-electron chi connectivity index (χ1n) is 10.3. The Morgan fingerprint density at radius 1 is 1.14 bits per heavy atom. The minimum Gasteiger partial charge on any atom is -0.379 e. The Morgan fingerprint density at radius 2 is 1.76 bits per heavy atom. The zero-order chi connectivity index (χ0) is 18.8. The quantitative estimate of drug-likeness (QED) is 0.743. The second kappa shape index (κ2) is 10.9. The van der Waals surface area contributed by atoms with Crippen molar-refractivity contribution in [3.63, 3.8) is 0 Å². The fourth-order valence-corrected chi connectivity index (χ4v) is 5.30. The molecule has 1 saturated heterocycles. The number of hydrogen-bond acceptors (Lipinski definition) is 4. The molecular formula is C21H32Cl2FN3O2. The molecule has 8 heteroatoms. The topological polar surface area (TPSA) is 67.6 Å². The highest BCUT2D eigenvalue weighted by atomic mass is 35.5. The Labute approximate surface area is 184 Å². The van der Waals surface area contributed by atoms with Crippen LogP contribution in [-0.2, 0) is 9.53 Å². The average molecular weight is 448 g/mol. The molecule has 2 saturated carbocycles. The van der Waals surface area contributed by atoms with Gasteiger partial charge >= 0.3 is 0 Å². The van der Waals surface area contributed by atoms with Crippen LogP contribution in [0.1, 0.15) is 43.7 Å². The highest BCUT2D eigenvalue weighted by Crippen LogP contribution is 2.40. The molecule has 1 aromatic carbocycles. The molecule has 2 aliphatic carbocycles. The minimum atomic E-state index is -0.605. The number of rotatable bonds is 4. The monoisotopic (exact) mass is 447 g/mol. The molecule has 3 atom stereocenters. The fourth-order valence-electron chi connectivity index (χ4n) is 5.30. The van der Waals surface area contributed by atoms with Gasteiger partial charge < -0.3 is 15.8 Å². The van der Waals surface area contributed by atoms with Crippen molar-refractivity contribution in [2.24, 2.45) is 17.6 Å². The predicted octanol–water partition coefficient (Wildman–Crippen LogP) is 3.06. The normalized spacial score (nSPS) is 30.4. The number of benzene rings is 1. The molecular weight excluding hydrogens is 416 g/mol. The van der Waals surface area contributed by atoms with Gasteiger partial charge in [0.05, 0.1) is 13.2 Å². The van der Waals surface area contributed by atoms with Crippen LogP contribution in [-0.4, -0.2) is 49.2 Å². The molecule has 0 aromatic heterocycles. The van der Waals surface area contributed by atoms with Gasteiger partial charge in [0.2, 0.25) is 5.91 Å². The van der Waals surface area contributed by atoms with Crippen LogP contribution in [0.3, 0.4) is 0 Å². The third-order valence-electron chi connectivity index (χ3n) is 6.54. The molecule has 2 bridgehead atoms. The van der Waals surface area contributed by atoms with Crippen molar-refractivity contribution in [1.29, 1.82) is 0 Å². The van der Waals surface area contributed by atoms with Gasteiger partial charge in [0, 0.05) is 30.7 Å². The molecule has 0 spiro atoms. The Bertz CT molecular complexity index is 661. The summed E-state index contributed by atoms with van der Waals surface area (Å²) in [5.41, 5.74) is 6.67. The summed E-state index contributed by atoms with van der Waals surface area (Å²) in [6, 6.07) is 6.44. The molecule has 3 aliphatic rings. The Hall–Kier alpha value is -0.920. The van der Waals surface area contributed by atoms with E-state index in [4.69, 9.17) is 10.5 Å². The van der Waals surface area contributed by atoms with Crippen LogP contribution >= 0.6 is 24.8 Å². The van der Waals surface area contributed by atoms with E-state index in [0.29, 0.717) is 43.7 Å². The lowest BCUT2D eigenvalue weighted by Crippen LogP contribution is -2.56. The number of carbonyl (C=O) groups excluding carboxylic acids is 1. The van der Waals surface area contributed by atoms with E-state index in [9.17, 15) is 9.18 Å². The summed E-state index contributed by atoms with van der Waals surface area (Å²) in [5, 5.41) is 3.32. The van der Waals surface area contributed by atoms with E-state index in [2.05, 4.69) is 5.32 Å². The van der Waals surface area contributed by atoms with Gasteiger partial charge in [0.1, 0.15) is 11.9 Å². The van der Waals surface area contributed by atoms with E-state index >= 15 is 0 Å². The zero-order valence-electron chi connectivity index (χ0n) is 16.6. The summed E-state index contributed by atoms with van der Waals surface area (Å²) >= 11 is 0. The molecule has 0 radical (unpaired) electrons. The predicted molar refractivity (Wildman–Crippen MR) is 116 cm³/mol. The number of nitrogens with one attached hydrogen (secondary N) is 1. The van der Waals surface area contributed by atoms with E-state index in [0.717, 1.165) is 25.7 Å². The average Bonchev–Trinajstić information content (AvgIpc) is 2.65. The maximum absolute atomic E-state index is 14.6. The van der Waals surface area contributed by atoms with Crippen molar-refractivity contribution in [2.75, 3.05) is 26.3 Å². The number of morpholine rings is 1. The first-order chi connectivity index (χ1) is 13.1. The molecule has 1 aromatic rings. The Balaban J connectivity index is 0.00000150. The van der Waals surface area contributed by atoms with Gasteiger partial charge in [-0.15, -0.1) is 24.8 Å². The van der Waals surface area contributed by atoms with E-state index in [1.165, 1.54) is 12.5 Å². The molecule has 29 heavy (non-hydrogen) atoms. The molecule has 1 amide bonds. The van der Waals surface area contributed by atoms with Crippen molar-refractivity contribution >= 4 is 30.7 Å². The number of amides is 1. The van der Waals surface area contributed by atoms with Crippen LogP contribution in [0.15, 0.2) is 24.3 Å². The van der Waals surface area contributed by atoms with Gasteiger partial charge in [-0.1, -0.05) is 24.6 Å². The second-order valence-electron chi connectivity index (χ2n) is 8.29. The molecule has 164 valence electrons. The lowest BCUT2D eigenvalue weighted by atomic mass is 9.67. The van der Waals surface area contributed by atoms with Crippen LogP contribution in [0.2, 0.25) is 0 Å². The van der Waals surface area contributed by atoms with Crippen LogP contribution in [0, 0.1) is 17.7 Å². The molecule has 3 fully saturated rings. The summed E-state index contributed by atoms with van der Waals surface area (Å²) in [5.74, 6) is 0.485. The van der Waals surface area contributed by atoms with Gasteiger partial charge in [-0.25, -0.2) is 4.39 Å². The highest BCUT2D eigenvalue weighted by Gasteiger charge is 2.41. The van der Waals surface area contributed by atoms with Crippen molar-refractivity contribution in [3.8, 4) is 0 Å². The summed E-state index contributed by atoms with van der Waals surface area (Å²) in [7, 11) is 0. The first-order valence-corrected chi connectivity index (χ1v) is 10.3. The molecule has 3 N–H and O–H groups in total. The van der Waals surface area contributed by atoms with Gasteiger partial charge in [0.25, 0.3) is 0 Å². The molecule has 1 aliphatic heterocycles. The number of fused-ring (bicyclic) bond motifs is 2. The number of nitrogens with two attached hydrogens (primary N) is 1. The van der Waals surface area contributed by atoms with E-state index < -0.39 is 6.04 Å². The number of hydrogen-bond donors (Lipinski definition) is 2. The first kappa shape index (κ1) is 24.4. The summed E-state index contributed by atoms with van der Waals surface area (Å²) < 4.78 is 20.0. The van der Waals surface area contributed by atoms with Crippen molar-refractivity contribution < 1.29 is 13.9 Å². The van der Waals surface area contributed by atoms with Gasteiger partial charge in [0.15, 0.2) is 0 Å². The summed E-state index contributed by atoms with van der Waals surface area (Å²) in [6.07, 6.45) is 5.41. The lowest BCUT2D eigenvalue weighted by Gasteiger charge is -2.46. The van der Waals surface area contributed by atoms with Gasteiger partial charge in [-0.3, -0.25) is 9.69 Å². The van der Waals surface area contributed by atoms with Gasteiger partial charge in [-0.05, 0) is 43.6 Å². The third-order valence-corrected chi connectivity index (χ3v) is 6.54. The number of carbonyl (C=O) groups is 1. The lowest BCUT2D eigenvalue weighted by molar-refractivity contribution is -0.131. The molecule has 4 rings (SSSR count). The largest absolute Gasteiger partial charge is 0.379 e. The van der Waals surface area contributed by atoms with Crippen molar-refractivity contribution in [3.05, 3.63) is 35.6 Å². The maximum Gasteiger partial charge on any atom is 0.242 e. The van der Waals surface area contributed by atoms with E-state index in [1.807, 2.05) is 4.90 Å². The van der Waals surface area contributed by atoms with Gasteiger partial charge in [-0.2, -0.15) is 0 Å². The number of ether oxygens (including phenoxy) is 1. The standard InChI is InChI=1S/C21H30FN3O2.2ClH/c22-18-7-2-1-6-17(18)20(25-8-10-27-11-9-25)21(26)24-19-14-4-3-5-15(19)13-16(23)12-14;;/h1-2,6-7,14-16,19-20H,3-5,8-13,23H2,(H,24,26);2*1H. The van der Waals surface area contributed by atoms with Crippen LogP contribution in [0.5, 0.6) is 0 Å². The van der Waals surface area contributed by atoms with Crippen LogP contribution < -0.4 is 11.1 Å². The minimum absolute atomic E-state index is 0. The number of halogens is 3. The maximum atomic E-state index is 14.6. The highest BCUT2D eigenvalue weighted by molar-refractivity contribution is 5.85. The Kier molecular flexibility index (Phi) is 9.16. The zero-order valence-corrected chi connectivity index (χ0v) is 18.2. The third kappa shape index (κ3) is 5.42. The second-order valence-corrected chi connectivity index (χ2v) is 8.29.